The maximum atomic E-state index is 11.9. The molecule has 62 valence electrons. The highest BCUT2D eigenvalue weighted by molar-refractivity contribution is 4.82. The topological polar surface area (TPSA) is 29.9 Å². The summed E-state index contributed by atoms with van der Waals surface area (Å²) in [5.74, 6) is -1.02. The molecule has 0 aliphatic carbocycles. The van der Waals surface area contributed by atoms with Crippen molar-refractivity contribution >= 4 is 0 Å². The summed E-state index contributed by atoms with van der Waals surface area (Å²) in [5, 5.41) is 0. The van der Waals surface area contributed by atoms with Gasteiger partial charge in [-0.05, 0) is 0 Å². The number of hydrogen-bond acceptors (Lipinski definition) is 2. The first-order chi connectivity index (χ1) is 4.91. The second kappa shape index (κ2) is 2.21. The average molecular weight is 167 g/mol. The Morgan fingerprint density at radius 1 is 1.45 bits per heavy atom. The Bertz CT molecular complexity index is 265. The third-order valence-corrected chi connectivity index (χ3v) is 1.08. The monoisotopic (exact) mass is 167 g/mol. The van der Waals surface area contributed by atoms with Crippen molar-refractivity contribution in [2.75, 3.05) is 0 Å². The number of alkyl halides is 3. The summed E-state index contributed by atoms with van der Waals surface area (Å²) in [7, 11) is 1.16. The summed E-state index contributed by atoms with van der Waals surface area (Å²) >= 11 is 0. The van der Waals surface area contributed by atoms with Crippen molar-refractivity contribution in [2.24, 2.45) is 7.05 Å². The van der Waals surface area contributed by atoms with Gasteiger partial charge in [0.25, 0.3) is 0 Å². The summed E-state index contributed by atoms with van der Waals surface area (Å²) in [6.07, 6.45) is -4.44. The Balaban J connectivity index is 3.13. The molecule has 1 aromatic heterocycles. The molecule has 1 heterocycles. The molecule has 1 rings (SSSR count). The quantitative estimate of drug-likeness (QED) is 0.535. The first-order valence-electron chi connectivity index (χ1n) is 2.82. The molecule has 0 fully saturated rings. The van der Waals surface area contributed by atoms with Gasteiger partial charge in [-0.2, -0.15) is 13.2 Å². The molecule has 0 spiro atoms. The van der Waals surface area contributed by atoms with Crippen molar-refractivity contribution in [1.82, 2.24) is 4.98 Å². The zero-order chi connectivity index (χ0) is 8.65. The molecule has 0 saturated heterocycles. The maximum Gasteiger partial charge on any atom is 0.502 e. The predicted octanol–water partition coefficient (Wildman–Crippen LogP) is 0.826. The predicted molar refractivity (Wildman–Crippen MR) is 27.4 cm³/mol. The van der Waals surface area contributed by atoms with Crippen molar-refractivity contribution in [1.29, 1.82) is 0 Å². The highest BCUT2D eigenvalue weighted by Crippen LogP contribution is 2.24. The van der Waals surface area contributed by atoms with Crippen LogP contribution < -0.4 is 4.74 Å². The molecule has 0 atom stereocenters. The van der Waals surface area contributed by atoms with Gasteiger partial charge in [-0.25, -0.2) is 0 Å². The highest BCUT2D eigenvalue weighted by Gasteiger charge is 2.46. The van der Waals surface area contributed by atoms with Gasteiger partial charge >= 0.3 is 17.9 Å². The van der Waals surface area contributed by atoms with E-state index in [0.29, 0.717) is 4.74 Å². The van der Waals surface area contributed by atoms with Crippen LogP contribution in [-0.2, 0) is 13.2 Å². The van der Waals surface area contributed by atoms with E-state index < -0.39 is 12.0 Å². The van der Waals surface area contributed by atoms with Gasteiger partial charge in [-0.3, -0.25) is 4.52 Å². The number of nitrogens with zero attached hydrogens (tertiary/aromatic N) is 2. The van der Waals surface area contributed by atoms with Gasteiger partial charge in [0.15, 0.2) is 0 Å². The maximum absolute atomic E-state index is 11.9. The summed E-state index contributed by atoms with van der Waals surface area (Å²) in [6, 6.07) is 0. The molecule has 0 radical (unpaired) electrons. The molecule has 0 N–H and O–H groups in total. The molecule has 0 amide bonds. The second-order valence-corrected chi connectivity index (χ2v) is 2.04. The van der Waals surface area contributed by atoms with Crippen molar-refractivity contribution in [2.45, 2.75) is 13.1 Å². The Morgan fingerprint density at radius 3 is 2.18 bits per heavy atom. The largest absolute Gasteiger partial charge is 0.502 e. The van der Waals surface area contributed by atoms with E-state index in [-0.39, 0.29) is 5.89 Å². The lowest BCUT2D eigenvalue weighted by Gasteiger charge is -1.93. The van der Waals surface area contributed by atoms with E-state index >= 15 is 0 Å². The number of aryl methyl sites for hydroxylation is 2. The fourth-order valence-electron chi connectivity index (χ4n) is 0.723. The van der Waals surface area contributed by atoms with E-state index in [1.54, 1.807) is 0 Å². The first kappa shape index (κ1) is 8.03. The number of aromatic nitrogens is 2. The van der Waals surface area contributed by atoms with Crippen LogP contribution >= 0.6 is 0 Å². The lowest BCUT2D eigenvalue weighted by molar-refractivity contribution is -0.858. The Labute approximate surface area is 60.4 Å². The SMILES string of the molecule is Cc1nc(C(F)(F)F)[n+](C)o1. The van der Waals surface area contributed by atoms with Gasteiger partial charge in [0, 0.05) is 11.9 Å². The van der Waals surface area contributed by atoms with E-state index in [2.05, 4.69) is 9.51 Å². The molecule has 0 aliphatic rings. The van der Waals surface area contributed by atoms with Crippen LogP contribution in [0.2, 0.25) is 0 Å². The minimum atomic E-state index is -4.44. The molecule has 3 nitrogen and oxygen atoms in total. The molecular weight excluding hydrogens is 161 g/mol. The highest BCUT2D eigenvalue weighted by atomic mass is 19.4. The van der Waals surface area contributed by atoms with Gasteiger partial charge in [0.1, 0.15) is 7.05 Å². The van der Waals surface area contributed by atoms with E-state index in [0.717, 1.165) is 7.05 Å². The Hall–Kier alpha value is -1.07. The molecule has 1 aromatic rings. The fraction of sp³-hybridized carbons (Fsp3) is 0.600. The van der Waals surface area contributed by atoms with E-state index in [1.807, 2.05) is 0 Å². The molecule has 11 heavy (non-hydrogen) atoms. The van der Waals surface area contributed by atoms with Crippen LogP contribution in [0.15, 0.2) is 4.52 Å². The van der Waals surface area contributed by atoms with Crippen LogP contribution in [0, 0.1) is 6.92 Å². The van der Waals surface area contributed by atoms with Gasteiger partial charge in [0.05, 0.1) is 0 Å². The minimum Gasteiger partial charge on any atom is -0.259 e. The van der Waals surface area contributed by atoms with Crippen LogP contribution in [0.4, 0.5) is 13.2 Å². The number of hydrogen-bond donors (Lipinski definition) is 0. The zero-order valence-electron chi connectivity index (χ0n) is 5.94. The van der Waals surface area contributed by atoms with Crippen LogP contribution in [0.1, 0.15) is 11.7 Å². The van der Waals surface area contributed by atoms with E-state index in [9.17, 15) is 13.2 Å². The van der Waals surface area contributed by atoms with Crippen LogP contribution in [0.3, 0.4) is 0 Å². The molecule has 0 unspecified atom stereocenters. The number of halogens is 3. The summed E-state index contributed by atoms with van der Waals surface area (Å²) < 4.78 is 40.9. The van der Waals surface area contributed by atoms with E-state index in [4.69, 9.17) is 0 Å². The molecule has 0 aromatic carbocycles. The average Bonchev–Trinajstić information content (AvgIpc) is 2.08. The van der Waals surface area contributed by atoms with Crippen molar-refractivity contribution in [3.05, 3.63) is 11.7 Å². The molecule has 0 aliphatic heterocycles. The normalized spacial score (nSPS) is 12.1. The Morgan fingerprint density at radius 2 is 2.00 bits per heavy atom. The van der Waals surface area contributed by atoms with Crippen LogP contribution in [0.5, 0.6) is 0 Å². The number of rotatable bonds is 0. The van der Waals surface area contributed by atoms with Gasteiger partial charge in [-0.1, -0.05) is 4.74 Å². The summed E-state index contributed by atoms with van der Waals surface area (Å²) in [6.45, 7) is 1.36. The lowest BCUT2D eigenvalue weighted by Crippen LogP contribution is -2.35. The summed E-state index contributed by atoms with van der Waals surface area (Å²) in [4.78, 5) is 3.15. The zero-order valence-corrected chi connectivity index (χ0v) is 5.94. The van der Waals surface area contributed by atoms with Crippen LogP contribution in [0.25, 0.3) is 0 Å². The van der Waals surface area contributed by atoms with Crippen LogP contribution in [-0.4, -0.2) is 4.98 Å². The molecule has 0 bridgehead atoms. The second-order valence-electron chi connectivity index (χ2n) is 2.04. The molecule has 0 saturated carbocycles. The van der Waals surface area contributed by atoms with Gasteiger partial charge in [-0.15, -0.1) is 0 Å². The van der Waals surface area contributed by atoms with Gasteiger partial charge in [0.2, 0.25) is 0 Å². The van der Waals surface area contributed by atoms with Gasteiger partial charge < -0.3 is 0 Å². The third-order valence-electron chi connectivity index (χ3n) is 1.08. The van der Waals surface area contributed by atoms with E-state index in [1.165, 1.54) is 6.92 Å². The smallest absolute Gasteiger partial charge is 0.259 e. The standard InChI is InChI=1S/C5H6F3N2O/c1-3-9-4(5(6,7)8)10(2)11-3/h1-2H3/q+1. The van der Waals surface area contributed by atoms with Crippen molar-refractivity contribution < 1.29 is 22.4 Å². The van der Waals surface area contributed by atoms with Crippen molar-refractivity contribution in [3.63, 3.8) is 0 Å². The Kier molecular flexibility index (Phi) is 1.62. The fourth-order valence-corrected chi connectivity index (χ4v) is 0.723. The minimum absolute atomic E-state index is 0.000162. The summed E-state index contributed by atoms with van der Waals surface area (Å²) in [5.41, 5.74) is 0. The lowest BCUT2D eigenvalue weighted by atomic mass is 10.6. The molecular formula is C5H6F3N2O+. The molecule has 6 heteroatoms. The first-order valence-corrected chi connectivity index (χ1v) is 2.82. The van der Waals surface area contributed by atoms with Crippen molar-refractivity contribution in [3.8, 4) is 0 Å². The third kappa shape index (κ3) is 1.50.